The molecule has 0 radical (unpaired) electrons. The first-order chi connectivity index (χ1) is 9.85. The second-order valence-corrected chi connectivity index (χ2v) is 3.94. The zero-order valence-corrected chi connectivity index (χ0v) is 11.2. The molecular weight excluding hydrogens is 254 g/mol. The summed E-state index contributed by atoms with van der Waals surface area (Å²) >= 11 is 0. The molecule has 5 nitrogen and oxygen atoms in total. The van der Waals surface area contributed by atoms with E-state index >= 15 is 0 Å². The summed E-state index contributed by atoms with van der Waals surface area (Å²) in [6.07, 6.45) is 1.64. The van der Waals surface area contributed by atoms with Crippen LogP contribution in [0.5, 0.6) is 11.5 Å². The zero-order valence-electron chi connectivity index (χ0n) is 11.2. The molecule has 0 aliphatic carbocycles. The number of ether oxygens (including phenoxy) is 2. The SMILES string of the molecule is COc1ccccc1OCCNc1ncccc1C#N. The Morgan fingerprint density at radius 2 is 2.00 bits per heavy atom. The van der Waals surface area contributed by atoms with Crippen molar-refractivity contribution in [3.05, 3.63) is 48.2 Å². The molecule has 20 heavy (non-hydrogen) atoms. The number of aromatic nitrogens is 1. The Morgan fingerprint density at radius 1 is 1.20 bits per heavy atom. The quantitative estimate of drug-likeness (QED) is 0.816. The van der Waals surface area contributed by atoms with Gasteiger partial charge in [-0.15, -0.1) is 0 Å². The van der Waals surface area contributed by atoms with E-state index < -0.39 is 0 Å². The van der Waals surface area contributed by atoms with Gasteiger partial charge in [-0.05, 0) is 24.3 Å². The Bertz CT molecular complexity index is 608. The normalized spacial score (nSPS) is 9.60. The summed E-state index contributed by atoms with van der Waals surface area (Å²) in [5, 5.41) is 12.0. The van der Waals surface area contributed by atoms with Gasteiger partial charge in [0, 0.05) is 6.20 Å². The molecular formula is C15H15N3O2. The number of anilines is 1. The number of benzene rings is 1. The highest BCUT2D eigenvalue weighted by atomic mass is 16.5. The van der Waals surface area contributed by atoms with Gasteiger partial charge in [0.15, 0.2) is 11.5 Å². The van der Waals surface area contributed by atoms with Crippen LogP contribution in [0.15, 0.2) is 42.6 Å². The van der Waals surface area contributed by atoms with Crippen LogP contribution >= 0.6 is 0 Å². The topological polar surface area (TPSA) is 67.2 Å². The number of nitrogens with one attached hydrogen (secondary N) is 1. The van der Waals surface area contributed by atoms with Crippen molar-refractivity contribution in [3.63, 3.8) is 0 Å². The fraction of sp³-hybridized carbons (Fsp3) is 0.200. The highest BCUT2D eigenvalue weighted by molar-refractivity contribution is 5.51. The van der Waals surface area contributed by atoms with Crippen LogP contribution in [0.2, 0.25) is 0 Å². The van der Waals surface area contributed by atoms with Gasteiger partial charge in [-0.3, -0.25) is 0 Å². The molecule has 0 aliphatic heterocycles. The molecule has 1 heterocycles. The number of para-hydroxylation sites is 2. The molecule has 0 atom stereocenters. The zero-order chi connectivity index (χ0) is 14.2. The lowest BCUT2D eigenvalue weighted by Gasteiger charge is -2.11. The predicted octanol–water partition coefficient (Wildman–Crippen LogP) is 2.45. The van der Waals surface area contributed by atoms with Gasteiger partial charge in [-0.25, -0.2) is 4.98 Å². The van der Waals surface area contributed by atoms with Crippen LogP contribution in [0.1, 0.15) is 5.56 Å². The minimum Gasteiger partial charge on any atom is -0.493 e. The highest BCUT2D eigenvalue weighted by Gasteiger charge is 2.03. The van der Waals surface area contributed by atoms with Gasteiger partial charge < -0.3 is 14.8 Å². The maximum atomic E-state index is 8.94. The third-order valence-electron chi connectivity index (χ3n) is 2.65. The average molecular weight is 269 g/mol. The Morgan fingerprint density at radius 3 is 2.75 bits per heavy atom. The van der Waals surface area contributed by atoms with Crippen molar-refractivity contribution >= 4 is 5.82 Å². The van der Waals surface area contributed by atoms with Crippen LogP contribution in [0.3, 0.4) is 0 Å². The summed E-state index contributed by atoms with van der Waals surface area (Å²) in [7, 11) is 1.60. The standard InChI is InChI=1S/C15H15N3O2/c1-19-13-6-2-3-7-14(13)20-10-9-18-15-12(11-16)5-4-8-17-15/h2-8H,9-10H2,1H3,(H,17,18). The summed E-state index contributed by atoms with van der Waals surface area (Å²) in [4.78, 5) is 4.11. The van der Waals surface area contributed by atoms with E-state index in [0.29, 0.717) is 36.0 Å². The molecule has 0 saturated carbocycles. The summed E-state index contributed by atoms with van der Waals surface area (Å²) < 4.78 is 10.8. The monoisotopic (exact) mass is 269 g/mol. The molecule has 0 aliphatic rings. The Hall–Kier alpha value is -2.74. The molecule has 5 heteroatoms. The summed E-state index contributed by atoms with van der Waals surface area (Å²) in [6, 6.07) is 13.0. The molecule has 1 aromatic carbocycles. The fourth-order valence-corrected chi connectivity index (χ4v) is 1.70. The Labute approximate surface area is 117 Å². The minimum atomic E-state index is 0.446. The van der Waals surface area contributed by atoms with Crippen LogP contribution < -0.4 is 14.8 Å². The third-order valence-corrected chi connectivity index (χ3v) is 2.65. The van der Waals surface area contributed by atoms with Crippen LogP contribution in [0.4, 0.5) is 5.82 Å². The average Bonchev–Trinajstić information content (AvgIpc) is 2.52. The van der Waals surface area contributed by atoms with Crippen molar-refractivity contribution in [1.29, 1.82) is 5.26 Å². The third kappa shape index (κ3) is 3.39. The number of nitrogens with zero attached hydrogens (tertiary/aromatic N) is 2. The van der Waals surface area contributed by atoms with Crippen molar-refractivity contribution < 1.29 is 9.47 Å². The molecule has 0 unspecified atom stereocenters. The van der Waals surface area contributed by atoms with Gasteiger partial charge in [0.2, 0.25) is 0 Å². The number of hydrogen-bond donors (Lipinski definition) is 1. The summed E-state index contributed by atoms with van der Waals surface area (Å²) in [6.45, 7) is 0.992. The second-order valence-electron chi connectivity index (χ2n) is 3.94. The number of nitriles is 1. The molecule has 0 amide bonds. The largest absolute Gasteiger partial charge is 0.493 e. The van der Waals surface area contributed by atoms with Crippen LogP contribution in [-0.4, -0.2) is 25.2 Å². The summed E-state index contributed by atoms with van der Waals surface area (Å²) in [5.41, 5.74) is 0.518. The molecule has 0 spiro atoms. The highest BCUT2D eigenvalue weighted by Crippen LogP contribution is 2.25. The lowest BCUT2D eigenvalue weighted by atomic mass is 10.3. The minimum absolute atomic E-state index is 0.446. The molecule has 2 rings (SSSR count). The van der Waals surface area contributed by atoms with Gasteiger partial charge in [0.25, 0.3) is 0 Å². The number of methoxy groups -OCH3 is 1. The van der Waals surface area contributed by atoms with Crippen molar-refractivity contribution in [3.8, 4) is 17.6 Å². The van der Waals surface area contributed by atoms with E-state index in [0.717, 1.165) is 0 Å². The van der Waals surface area contributed by atoms with E-state index in [-0.39, 0.29) is 0 Å². The van der Waals surface area contributed by atoms with Crippen molar-refractivity contribution in [2.75, 3.05) is 25.6 Å². The number of rotatable bonds is 6. The molecule has 1 aromatic heterocycles. The lowest BCUT2D eigenvalue weighted by Crippen LogP contribution is -2.13. The first kappa shape index (κ1) is 13.7. The molecule has 1 N–H and O–H groups in total. The van der Waals surface area contributed by atoms with E-state index in [9.17, 15) is 0 Å². The van der Waals surface area contributed by atoms with Crippen LogP contribution in [0.25, 0.3) is 0 Å². The van der Waals surface area contributed by atoms with Crippen molar-refractivity contribution in [1.82, 2.24) is 4.98 Å². The van der Waals surface area contributed by atoms with E-state index in [1.54, 1.807) is 25.4 Å². The molecule has 2 aromatic rings. The van der Waals surface area contributed by atoms with E-state index in [1.807, 2.05) is 24.3 Å². The van der Waals surface area contributed by atoms with E-state index in [4.69, 9.17) is 14.7 Å². The van der Waals surface area contributed by atoms with E-state index in [2.05, 4.69) is 16.4 Å². The summed E-state index contributed by atoms with van der Waals surface area (Å²) in [5.74, 6) is 1.96. The molecule has 0 saturated heterocycles. The van der Waals surface area contributed by atoms with Gasteiger partial charge in [-0.2, -0.15) is 5.26 Å². The number of pyridine rings is 1. The van der Waals surface area contributed by atoms with Crippen LogP contribution in [-0.2, 0) is 0 Å². The predicted molar refractivity (Wildman–Crippen MR) is 75.9 cm³/mol. The Balaban J connectivity index is 1.86. The van der Waals surface area contributed by atoms with Crippen LogP contribution in [0, 0.1) is 11.3 Å². The first-order valence-corrected chi connectivity index (χ1v) is 6.20. The van der Waals surface area contributed by atoms with Gasteiger partial charge >= 0.3 is 0 Å². The molecule has 0 bridgehead atoms. The van der Waals surface area contributed by atoms with Crippen molar-refractivity contribution in [2.24, 2.45) is 0 Å². The first-order valence-electron chi connectivity index (χ1n) is 6.20. The number of hydrogen-bond acceptors (Lipinski definition) is 5. The van der Waals surface area contributed by atoms with Gasteiger partial charge in [-0.1, -0.05) is 12.1 Å². The Kier molecular flexibility index (Phi) is 4.79. The second kappa shape index (κ2) is 7.00. The van der Waals surface area contributed by atoms with Crippen molar-refractivity contribution in [2.45, 2.75) is 0 Å². The smallest absolute Gasteiger partial charge is 0.161 e. The lowest BCUT2D eigenvalue weighted by molar-refractivity contribution is 0.306. The van der Waals surface area contributed by atoms with Gasteiger partial charge in [0.1, 0.15) is 18.5 Å². The molecule has 0 fully saturated rings. The maximum absolute atomic E-state index is 8.94. The van der Waals surface area contributed by atoms with E-state index in [1.165, 1.54) is 0 Å². The fourth-order valence-electron chi connectivity index (χ4n) is 1.70. The van der Waals surface area contributed by atoms with Gasteiger partial charge in [0.05, 0.1) is 19.2 Å². The molecule has 102 valence electrons. The maximum Gasteiger partial charge on any atom is 0.161 e.